The van der Waals surface area contributed by atoms with Gasteiger partial charge in [0.05, 0.1) is 40.8 Å². The van der Waals surface area contributed by atoms with E-state index in [2.05, 4.69) is 112 Å². The normalized spacial score (nSPS) is 21.2. The number of ether oxygens (including phenoxy) is 1. The zero-order valence-electron chi connectivity index (χ0n) is 32.2. The van der Waals surface area contributed by atoms with E-state index in [0.717, 1.165) is 41.2 Å². The van der Waals surface area contributed by atoms with E-state index in [-0.39, 0.29) is 45.2 Å². The van der Waals surface area contributed by atoms with Crippen LogP contribution in [0.2, 0.25) is 41.3 Å². The fraction of sp³-hybridized carbons (Fsp3) is 0.684. The Bertz CT molecular complexity index is 1460. The highest BCUT2D eigenvalue weighted by Gasteiger charge is 2.57. The van der Waals surface area contributed by atoms with Crippen molar-refractivity contribution in [2.24, 2.45) is 11.3 Å². The fourth-order valence-corrected chi connectivity index (χ4v) is 12.2. The molecule has 0 saturated heterocycles. The predicted octanol–water partition coefficient (Wildman–Crippen LogP) is 11.4. The highest BCUT2D eigenvalue weighted by Crippen LogP contribution is 2.50. The maximum atomic E-state index is 14.2. The molecule has 0 bridgehead atoms. The van der Waals surface area contributed by atoms with E-state index >= 15 is 0 Å². The number of methoxy groups -OCH3 is 1. The number of rotatable bonds is 16. The van der Waals surface area contributed by atoms with Gasteiger partial charge in [0.25, 0.3) is 0 Å². The second-order valence-electron chi connectivity index (χ2n) is 16.9. The van der Waals surface area contributed by atoms with Gasteiger partial charge < -0.3 is 13.6 Å². The van der Waals surface area contributed by atoms with Gasteiger partial charge in [-0.05, 0) is 73.1 Å². The second-order valence-corrected chi connectivity index (χ2v) is 30.3. The number of carbonyl (C=O) groups excluding carboxylic acids is 2. The number of hydrogen-bond acceptors (Lipinski definition) is 8. The molecule has 0 amide bonds. The van der Waals surface area contributed by atoms with Crippen LogP contribution in [0.3, 0.4) is 0 Å². The van der Waals surface area contributed by atoms with Crippen LogP contribution in [0.1, 0.15) is 73.1 Å². The third-order valence-corrected chi connectivity index (χ3v) is 23.9. The van der Waals surface area contributed by atoms with Gasteiger partial charge in [-0.1, -0.05) is 97.3 Å². The lowest BCUT2D eigenvalue weighted by Crippen LogP contribution is -2.48. The predicted molar refractivity (Wildman–Crippen MR) is 221 cm³/mol. The second kappa shape index (κ2) is 17.0. The molecule has 49 heavy (non-hydrogen) atoms. The number of thioether (sulfide) groups is 2. The van der Waals surface area contributed by atoms with Crippen molar-refractivity contribution in [3.05, 3.63) is 46.3 Å². The summed E-state index contributed by atoms with van der Waals surface area (Å²) in [5.74, 6) is 2.02. The number of aryl methyl sites for hydroxylation is 1. The quantitative estimate of drug-likeness (QED) is 0.0727. The molecule has 4 atom stereocenters. The Labute approximate surface area is 316 Å². The smallest absolute Gasteiger partial charge is 0.315 e. The van der Waals surface area contributed by atoms with E-state index < -0.39 is 22.0 Å². The highest BCUT2D eigenvalue weighted by atomic mass is 35.5. The maximum absolute atomic E-state index is 14.2. The summed E-state index contributed by atoms with van der Waals surface area (Å²) in [7, 11) is -2.91. The van der Waals surface area contributed by atoms with Crippen LogP contribution in [0.5, 0.6) is 0 Å². The Morgan fingerprint density at radius 3 is 2.27 bits per heavy atom. The number of Topliss-reactive ketones (excluding diaryl/α,β-unsaturated/α-hetero) is 1. The van der Waals surface area contributed by atoms with E-state index in [9.17, 15) is 9.59 Å². The maximum Gasteiger partial charge on any atom is 0.315 e. The van der Waals surface area contributed by atoms with Crippen LogP contribution in [0, 0.1) is 11.3 Å². The molecule has 0 radical (unpaired) electrons. The first-order chi connectivity index (χ1) is 22.5. The molecular formula is C38H61ClO5S3Si2. The number of fused-ring (bicyclic) bond motifs is 1. The third-order valence-electron chi connectivity index (χ3n) is 10.8. The molecule has 11 heteroatoms. The molecule has 0 aliphatic heterocycles. The summed E-state index contributed by atoms with van der Waals surface area (Å²) < 4.78 is 20.3. The third kappa shape index (κ3) is 10.7. The van der Waals surface area contributed by atoms with Gasteiger partial charge in [0, 0.05) is 20.9 Å². The van der Waals surface area contributed by atoms with Crippen LogP contribution in [-0.4, -0.2) is 70.2 Å². The molecule has 2 aromatic rings. The summed E-state index contributed by atoms with van der Waals surface area (Å²) in [6.07, 6.45) is 6.73. The topological polar surface area (TPSA) is 61.8 Å². The number of carbonyl (C=O) groups is 2. The monoisotopic (exact) mass is 784 g/mol. The van der Waals surface area contributed by atoms with Crippen molar-refractivity contribution < 1.29 is 23.2 Å². The van der Waals surface area contributed by atoms with E-state index in [1.807, 2.05) is 6.07 Å². The van der Waals surface area contributed by atoms with Gasteiger partial charge in [-0.15, -0.1) is 23.1 Å². The number of benzene rings is 1. The lowest BCUT2D eigenvalue weighted by molar-refractivity contribution is -0.137. The van der Waals surface area contributed by atoms with Gasteiger partial charge in [0.15, 0.2) is 22.4 Å². The first kappa shape index (κ1) is 42.8. The van der Waals surface area contributed by atoms with Gasteiger partial charge >= 0.3 is 5.97 Å². The minimum absolute atomic E-state index is 0.0139. The summed E-state index contributed by atoms with van der Waals surface area (Å²) >= 11 is 12.0. The van der Waals surface area contributed by atoms with Crippen LogP contribution < -0.4 is 0 Å². The number of halogens is 1. The van der Waals surface area contributed by atoms with Crippen LogP contribution >= 0.6 is 46.5 Å². The molecule has 1 unspecified atom stereocenters. The number of thiophene rings is 1. The zero-order chi connectivity index (χ0) is 37.0. The Balaban J connectivity index is 1.95. The first-order valence-electron chi connectivity index (χ1n) is 17.5. The largest absolute Gasteiger partial charge is 0.468 e. The Morgan fingerprint density at radius 2 is 1.67 bits per heavy atom. The fourth-order valence-electron chi connectivity index (χ4n) is 5.52. The molecule has 1 aromatic carbocycles. The zero-order valence-corrected chi connectivity index (χ0v) is 37.4. The Morgan fingerprint density at radius 1 is 1.04 bits per heavy atom. The molecule has 0 spiro atoms. The van der Waals surface area contributed by atoms with Gasteiger partial charge in [0.1, 0.15) is 0 Å². The molecule has 1 aromatic heterocycles. The van der Waals surface area contributed by atoms with Gasteiger partial charge in [-0.2, -0.15) is 11.8 Å². The summed E-state index contributed by atoms with van der Waals surface area (Å²) in [5.41, 5.74) is -0.623. The van der Waals surface area contributed by atoms with Crippen LogP contribution in [-0.2, 0) is 29.6 Å². The van der Waals surface area contributed by atoms with Gasteiger partial charge in [-0.3, -0.25) is 9.59 Å². The molecular weight excluding hydrogens is 724 g/mol. The summed E-state index contributed by atoms with van der Waals surface area (Å²) in [6.45, 7) is 26.9. The van der Waals surface area contributed by atoms with E-state index in [1.165, 1.54) is 16.7 Å². The molecule has 1 aliphatic carbocycles. The molecule has 3 rings (SSSR count). The van der Waals surface area contributed by atoms with Crippen LogP contribution in [0.25, 0.3) is 10.1 Å². The van der Waals surface area contributed by atoms with E-state index in [0.29, 0.717) is 5.75 Å². The van der Waals surface area contributed by atoms with Gasteiger partial charge in [0.2, 0.25) is 0 Å². The van der Waals surface area contributed by atoms with E-state index in [1.54, 1.807) is 34.9 Å². The first-order valence-corrected chi connectivity index (χ1v) is 26.8. The number of ketones is 1. The number of esters is 1. The molecule has 1 fully saturated rings. The van der Waals surface area contributed by atoms with E-state index in [4.69, 9.17) is 25.2 Å². The lowest BCUT2D eigenvalue weighted by atomic mass is 9.86. The molecule has 5 nitrogen and oxygen atoms in total. The average molecular weight is 786 g/mol. The van der Waals surface area contributed by atoms with Crippen molar-refractivity contribution in [1.82, 2.24) is 0 Å². The number of hydrogen-bond donors (Lipinski definition) is 0. The lowest BCUT2D eigenvalue weighted by Gasteiger charge is -2.42. The van der Waals surface area contributed by atoms with Crippen molar-refractivity contribution in [3.63, 3.8) is 0 Å². The minimum Gasteiger partial charge on any atom is -0.468 e. The van der Waals surface area contributed by atoms with Crippen molar-refractivity contribution in [2.45, 2.75) is 128 Å². The molecule has 0 N–H and O–H groups in total. The molecule has 276 valence electrons. The molecule has 1 aliphatic rings. The van der Waals surface area contributed by atoms with Crippen molar-refractivity contribution >= 4 is 84.9 Å². The molecule has 1 heterocycles. The molecule has 1 saturated carbocycles. The standard InChI is InChI=1S/C38H61ClO5S3Si2/c1-36(2,3)48(10,11)43-26(20-22-30-32(39)27-17-14-15-18-29(27)47-30)19-21-28-33(46-24-16-23-45-25-31(40)42-9)34(41)38(7,8)35(28)44-49(12,13)37(4,5)6/h14-15,17-19,21,26,28,33,35H,16,20,22-25H2,1-13H3/t26?,28-,33-,35+/m1/s1. The summed E-state index contributed by atoms with van der Waals surface area (Å²) in [5, 5.41) is 1.82. The SMILES string of the molecule is COC(=O)CSCCCS[C@H]1C(=O)C(C)(C)[C@@H](O[Si](C)(C)C(C)(C)C)[C@@H]1C=CC(CCc1sc2ccccc2c1Cl)O[Si](C)(C)C(C)(C)C. The average Bonchev–Trinajstić information content (AvgIpc) is 3.40. The van der Waals surface area contributed by atoms with Crippen molar-refractivity contribution in [2.75, 3.05) is 24.4 Å². The van der Waals surface area contributed by atoms with Crippen LogP contribution in [0.15, 0.2) is 36.4 Å². The Kier molecular flexibility index (Phi) is 14.9. The van der Waals surface area contributed by atoms with Crippen molar-refractivity contribution in [1.29, 1.82) is 0 Å². The van der Waals surface area contributed by atoms with Gasteiger partial charge in [-0.25, -0.2) is 0 Å². The summed E-state index contributed by atoms with van der Waals surface area (Å²) in [4.78, 5) is 27.0. The summed E-state index contributed by atoms with van der Waals surface area (Å²) in [6, 6.07) is 8.33. The van der Waals surface area contributed by atoms with Crippen molar-refractivity contribution in [3.8, 4) is 0 Å². The Hall–Kier alpha value is -0.596. The minimum atomic E-state index is -2.20. The van der Waals surface area contributed by atoms with Crippen LogP contribution in [0.4, 0.5) is 0 Å². The highest BCUT2D eigenvalue weighted by molar-refractivity contribution is 8.01.